The predicted octanol–water partition coefficient (Wildman–Crippen LogP) is 3.59. The molecule has 204 valence electrons. The van der Waals surface area contributed by atoms with Crippen molar-refractivity contribution in [2.75, 3.05) is 20.2 Å². The SMILES string of the molecule is C=CC1C[N+]2(Cc3c4ccccc4nc4ccccc34)CCC1C[C@H]2[C@H](O)c1ccnc2ccc(OC)cc12.[Cl-]. The van der Waals surface area contributed by atoms with E-state index in [1.807, 2.05) is 30.5 Å². The molecular formula is C34H34ClN3O2. The van der Waals surface area contributed by atoms with E-state index in [0.717, 1.165) is 70.2 Å². The third kappa shape index (κ3) is 4.24. The molecule has 5 aromatic rings. The van der Waals surface area contributed by atoms with Gasteiger partial charge in [-0.15, -0.1) is 6.58 Å². The fourth-order valence-corrected chi connectivity index (χ4v) is 7.53. The van der Waals surface area contributed by atoms with E-state index >= 15 is 0 Å². The van der Waals surface area contributed by atoms with Crippen LogP contribution in [0.3, 0.4) is 0 Å². The van der Waals surface area contributed by atoms with Crippen molar-refractivity contribution in [2.24, 2.45) is 11.8 Å². The summed E-state index contributed by atoms with van der Waals surface area (Å²) >= 11 is 0. The lowest BCUT2D eigenvalue weighted by Gasteiger charge is -2.58. The first-order valence-electron chi connectivity index (χ1n) is 14.0. The number of hydrogen-bond acceptors (Lipinski definition) is 4. The standard InChI is InChI=1S/C34H34N3O2.ClH/c1-3-22-20-37(21-29-25-8-4-6-10-31(25)36-32-11-7-5-9-26(29)32)17-15-23(22)18-33(37)34(38)27-14-16-35-30-13-12-24(39-2)19-28(27)30;/h3-14,16,19,22-23,33-34,38H,1,15,17-18,20-21H2,2H3;1H/q+1;/p-1/t22?,23?,33-,34+,37?;/m0./s1. The maximum Gasteiger partial charge on any atom is 0.131 e. The summed E-state index contributed by atoms with van der Waals surface area (Å²) in [7, 11) is 1.68. The highest BCUT2D eigenvalue weighted by Crippen LogP contribution is 2.49. The Morgan fingerprint density at radius 2 is 1.73 bits per heavy atom. The van der Waals surface area contributed by atoms with Gasteiger partial charge < -0.3 is 26.7 Å². The molecule has 8 rings (SSSR count). The zero-order valence-electron chi connectivity index (χ0n) is 22.7. The van der Waals surface area contributed by atoms with E-state index in [1.165, 1.54) is 16.3 Å². The quantitative estimate of drug-likeness (QED) is 0.199. The van der Waals surface area contributed by atoms with Gasteiger partial charge in [-0.2, -0.15) is 0 Å². The number of piperidine rings is 3. The van der Waals surface area contributed by atoms with Crippen molar-refractivity contribution in [3.63, 3.8) is 0 Å². The number of para-hydroxylation sites is 2. The molecule has 3 aromatic carbocycles. The van der Waals surface area contributed by atoms with Gasteiger partial charge in [0.1, 0.15) is 24.4 Å². The molecule has 0 amide bonds. The number of halogens is 1. The Hall–Kier alpha value is -3.51. The highest BCUT2D eigenvalue weighted by molar-refractivity contribution is 5.97. The number of pyridine rings is 2. The van der Waals surface area contributed by atoms with Gasteiger partial charge in [0.05, 0.1) is 36.7 Å². The van der Waals surface area contributed by atoms with Crippen molar-refractivity contribution in [1.29, 1.82) is 0 Å². The second-order valence-electron chi connectivity index (χ2n) is 11.4. The number of nitrogens with zero attached hydrogens (tertiary/aromatic N) is 3. The third-order valence-corrected chi connectivity index (χ3v) is 9.51. The second-order valence-corrected chi connectivity index (χ2v) is 11.4. The van der Waals surface area contributed by atoms with Crippen molar-refractivity contribution < 1.29 is 26.7 Å². The van der Waals surface area contributed by atoms with Crippen molar-refractivity contribution >= 4 is 32.7 Å². The van der Waals surface area contributed by atoms with Crippen molar-refractivity contribution in [2.45, 2.75) is 31.5 Å². The Morgan fingerprint density at radius 3 is 2.42 bits per heavy atom. The van der Waals surface area contributed by atoms with Crippen LogP contribution in [-0.2, 0) is 6.54 Å². The van der Waals surface area contributed by atoms with Crippen molar-refractivity contribution in [1.82, 2.24) is 9.97 Å². The molecule has 0 aliphatic carbocycles. The van der Waals surface area contributed by atoms with Crippen LogP contribution in [0.25, 0.3) is 32.7 Å². The molecule has 3 aliphatic heterocycles. The molecule has 1 N–H and O–H groups in total. The van der Waals surface area contributed by atoms with Crippen LogP contribution in [0.4, 0.5) is 0 Å². The van der Waals surface area contributed by atoms with E-state index in [4.69, 9.17) is 9.72 Å². The monoisotopic (exact) mass is 551 g/mol. The largest absolute Gasteiger partial charge is 1.00 e. The van der Waals surface area contributed by atoms with Crippen LogP contribution >= 0.6 is 0 Å². The number of methoxy groups -OCH3 is 1. The van der Waals surface area contributed by atoms with Gasteiger partial charge in [0.15, 0.2) is 0 Å². The Kier molecular flexibility index (Phi) is 6.99. The van der Waals surface area contributed by atoms with Crippen LogP contribution in [0.2, 0.25) is 0 Å². The molecule has 2 bridgehead atoms. The van der Waals surface area contributed by atoms with Crippen LogP contribution in [0, 0.1) is 11.8 Å². The second kappa shape index (κ2) is 10.5. The molecule has 5 heterocycles. The molecule has 0 radical (unpaired) electrons. The molecule has 0 spiro atoms. The molecule has 6 heteroatoms. The Morgan fingerprint density at radius 1 is 1.00 bits per heavy atom. The summed E-state index contributed by atoms with van der Waals surface area (Å²) in [5, 5.41) is 15.6. The number of ether oxygens (including phenoxy) is 1. The van der Waals surface area contributed by atoms with E-state index < -0.39 is 6.10 Å². The first-order valence-corrected chi connectivity index (χ1v) is 14.0. The van der Waals surface area contributed by atoms with Crippen molar-refractivity contribution in [3.05, 3.63) is 103 Å². The number of aliphatic hydroxyl groups excluding tert-OH is 1. The minimum Gasteiger partial charge on any atom is -1.00 e. The zero-order chi connectivity index (χ0) is 26.6. The molecule has 3 fully saturated rings. The average Bonchev–Trinajstić information content (AvgIpc) is 3.00. The normalized spacial score (nSPS) is 24.6. The van der Waals surface area contributed by atoms with Crippen LogP contribution in [-0.4, -0.2) is 45.8 Å². The zero-order valence-corrected chi connectivity index (χ0v) is 23.5. The predicted molar refractivity (Wildman–Crippen MR) is 156 cm³/mol. The maximum atomic E-state index is 12.2. The average molecular weight is 552 g/mol. The minimum absolute atomic E-state index is 0. The Labute approximate surface area is 241 Å². The topological polar surface area (TPSA) is 55.2 Å². The summed E-state index contributed by atoms with van der Waals surface area (Å²) in [6, 6.07) is 25.0. The summed E-state index contributed by atoms with van der Waals surface area (Å²) in [5.74, 6) is 1.78. The molecule has 3 unspecified atom stereocenters. The van der Waals surface area contributed by atoms with Crippen LogP contribution in [0.5, 0.6) is 5.75 Å². The fraction of sp³-hybridized carbons (Fsp3) is 0.294. The van der Waals surface area contributed by atoms with Gasteiger partial charge in [0.25, 0.3) is 0 Å². The summed E-state index contributed by atoms with van der Waals surface area (Å²) in [4.78, 5) is 9.56. The number of quaternary nitrogens is 1. The molecule has 3 aliphatic rings. The number of rotatable bonds is 6. The van der Waals surface area contributed by atoms with Gasteiger partial charge in [-0.3, -0.25) is 4.98 Å². The van der Waals surface area contributed by atoms with Gasteiger partial charge >= 0.3 is 0 Å². The van der Waals surface area contributed by atoms with Crippen LogP contribution in [0.1, 0.15) is 30.1 Å². The van der Waals surface area contributed by atoms with Crippen molar-refractivity contribution in [3.8, 4) is 5.75 Å². The maximum absolute atomic E-state index is 12.2. The number of benzene rings is 3. The van der Waals surface area contributed by atoms with E-state index in [1.54, 1.807) is 7.11 Å². The van der Waals surface area contributed by atoms with Gasteiger partial charge in [0, 0.05) is 46.7 Å². The first-order chi connectivity index (χ1) is 19.1. The molecule has 5 atom stereocenters. The smallest absolute Gasteiger partial charge is 0.131 e. The van der Waals surface area contributed by atoms with Gasteiger partial charge in [0.2, 0.25) is 0 Å². The lowest BCUT2D eigenvalue weighted by molar-refractivity contribution is -0.984. The summed E-state index contributed by atoms with van der Waals surface area (Å²) in [6.45, 7) is 7.12. The van der Waals surface area contributed by atoms with E-state index in [9.17, 15) is 5.11 Å². The molecule has 40 heavy (non-hydrogen) atoms. The number of aromatic nitrogens is 2. The minimum atomic E-state index is -0.615. The fourth-order valence-electron chi connectivity index (χ4n) is 7.53. The lowest BCUT2D eigenvalue weighted by atomic mass is 9.71. The lowest BCUT2D eigenvalue weighted by Crippen LogP contribution is -3.00. The highest BCUT2D eigenvalue weighted by Gasteiger charge is 2.54. The Bertz CT molecular complexity index is 1670. The molecular weight excluding hydrogens is 518 g/mol. The van der Waals surface area contributed by atoms with E-state index in [2.05, 4.69) is 66.2 Å². The summed E-state index contributed by atoms with van der Waals surface area (Å²) < 4.78 is 6.38. The molecule has 3 saturated heterocycles. The number of fused-ring (bicyclic) bond motifs is 6. The summed E-state index contributed by atoms with van der Waals surface area (Å²) in [5.41, 5.74) is 5.21. The van der Waals surface area contributed by atoms with Crippen LogP contribution < -0.4 is 17.1 Å². The number of hydrogen-bond donors (Lipinski definition) is 1. The van der Waals surface area contributed by atoms with E-state index in [-0.39, 0.29) is 18.4 Å². The first kappa shape index (κ1) is 26.7. The van der Waals surface area contributed by atoms with E-state index in [0.29, 0.717) is 11.8 Å². The third-order valence-electron chi connectivity index (χ3n) is 9.51. The van der Waals surface area contributed by atoms with Crippen LogP contribution in [0.15, 0.2) is 91.6 Å². The van der Waals surface area contributed by atoms with Gasteiger partial charge in [-0.1, -0.05) is 42.5 Å². The Balaban J connectivity index is 0.00000289. The van der Waals surface area contributed by atoms with Gasteiger partial charge in [-0.05, 0) is 47.9 Å². The number of aliphatic hydroxyl groups is 1. The van der Waals surface area contributed by atoms with Gasteiger partial charge in [-0.25, -0.2) is 4.98 Å². The summed E-state index contributed by atoms with van der Waals surface area (Å²) in [6.07, 6.45) is 5.51. The highest BCUT2D eigenvalue weighted by atomic mass is 35.5. The molecule has 2 aromatic heterocycles. The molecule has 5 nitrogen and oxygen atoms in total. The molecule has 0 saturated carbocycles.